The minimum Gasteiger partial charge on any atom is -0.336 e. The Morgan fingerprint density at radius 1 is 1.47 bits per heavy atom. The molecule has 0 aromatic heterocycles. The van der Waals surface area contributed by atoms with Crippen LogP contribution in [0.5, 0.6) is 0 Å². The molecule has 2 nitrogen and oxygen atoms in total. The summed E-state index contributed by atoms with van der Waals surface area (Å²) in [6, 6.07) is 7.73. The molecule has 1 aromatic rings. The predicted molar refractivity (Wildman–Crippen MR) is 72.6 cm³/mol. The van der Waals surface area contributed by atoms with Gasteiger partial charge in [0.2, 0.25) is 0 Å². The Morgan fingerprint density at radius 3 is 2.71 bits per heavy atom. The molecule has 1 amide bonds. The first-order valence-corrected chi connectivity index (χ1v) is 6.62. The molecule has 17 heavy (non-hydrogen) atoms. The van der Waals surface area contributed by atoms with Crippen LogP contribution in [-0.2, 0) is 0 Å². The van der Waals surface area contributed by atoms with Gasteiger partial charge in [-0.3, -0.25) is 4.79 Å². The summed E-state index contributed by atoms with van der Waals surface area (Å²) in [6.45, 7) is 5.04. The van der Waals surface area contributed by atoms with Gasteiger partial charge in [0, 0.05) is 23.0 Å². The number of hydrogen-bond acceptors (Lipinski definition) is 2. The van der Waals surface area contributed by atoms with E-state index >= 15 is 0 Å². The standard InChI is InChI=1S/C14H19NOS/c1-10(2)15(9-11-6-7-11)14(16)12-4-3-5-13(17)8-12/h3-5,8,10-11,17H,6-7,9H2,1-2H3. The maximum absolute atomic E-state index is 12.4. The van der Waals surface area contributed by atoms with Crippen LogP contribution in [0.4, 0.5) is 0 Å². The summed E-state index contributed by atoms with van der Waals surface area (Å²) in [4.78, 5) is 15.2. The van der Waals surface area contributed by atoms with Crippen molar-refractivity contribution in [2.45, 2.75) is 37.6 Å². The molecule has 3 heteroatoms. The Bertz CT molecular complexity index is 412. The van der Waals surface area contributed by atoms with Gasteiger partial charge in [-0.25, -0.2) is 0 Å². The van der Waals surface area contributed by atoms with Crippen LogP contribution < -0.4 is 0 Å². The fraction of sp³-hybridized carbons (Fsp3) is 0.500. The summed E-state index contributed by atoms with van der Waals surface area (Å²) in [5, 5.41) is 0. The van der Waals surface area contributed by atoms with Gasteiger partial charge in [0.15, 0.2) is 0 Å². The third-order valence-electron chi connectivity index (χ3n) is 3.13. The normalized spacial score (nSPS) is 15.1. The Balaban J connectivity index is 2.14. The monoisotopic (exact) mass is 249 g/mol. The third kappa shape index (κ3) is 3.25. The van der Waals surface area contributed by atoms with Crippen molar-refractivity contribution in [1.29, 1.82) is 0 Å². The second kappa shape index (κ2) is 5.13. The van der Waals surface area contributed by atoms with E-state index in [0.29, 0.717) is 0 Å². The zero-order valence-corrected chi connectivity index (χ0v) is 11.3. The summed E-state index contributed by atoms with van der Waals surface area (Å²) in [5.41, 5.74) is 0.742. The van der Waals surface area contributed by atoms with E-state index in [1.54, 1.807) is 0 Å². The van der Waals surface area contributed by atoms with E-state index < -0.39 is 0 Å². The molecule has 0 bridgehead atoms. The van der Waals surface area contributed by atoms with Gasteiger partial charge in [-0.1, -0.05) is 6.07 Å². The molecule has 0 heterocycles. The second-order valence-corrected chi connectivity index (χ2v) is 5.56. The predicted octanol–water partition coefficient (Wildman–Crippen LogP) is 3.24. The van der Waals surface area contributed by atoms with Crippen molar-refractivity contribution in [3.63, 3.8) is 0 Å². The fourth-order valence-corrected chi connectivity index (χ4v) is 2.14. The Kier molecular flexibility index (Phi) is 3.77. The van der Waals surface area contributed by atoms with Crippen LogP contribution in [0.3, 0.4) is 0 Å². The van der Waals surface area contributed by atoms with Crippen molar-refractivity contribution in [3.8, 4) is 0 Å². The highest BCUT2D eigenvalue weighted by Crippen LogP contribution is 2.30. The molecule has 0 saturated heterocycles. The van der Waals surface area contributed by atoms with Crippen LogP contribution in [0.2, 0.25) is 0 Å². The third-order valence-corrected chi connectivity index (χ3v) is 3.41. The van der Waals surface area contributed by atoms with Crippen LogP contribution in [0.1, 0.15) is 37.0 Å². The van der Waals surface area contributed by atoms with E-state index in [9.17, 15) is 4.79 Å². The summed E-state index contributed by atoms with van der Waals surface area (Å²) in [7, 11) is 0. The summed E-state index contributed by atoms with van der Waals surface area (Å²) >= 11 is 4.28. The van der Waals surface area contributed by atoms with E-state index in [-0.39, 0.29) is 11.9 Å². The van der Waals surface area contributed by atoms with Crippen LogP contribution in [0.15, 0.2) is 29.2 Å². The van der Waals surface area contributed by atoms with E-state index in [1.807, 2.05) is 29.2 Å². The van der Waals surface area contributed by atoms with Crippen LogP contribution >= 0.6 is 12.6 Å². The average Bonchev–Trinajstić information content (AvgIpc) is 3.08. The van der Waals surface area contributed by atoms with Gasteiger partial charge in [-0.2, -0.15) is 0 Å². The number of thiol groups is 1. The maximum Gasteiger partial charge on any atom is 0.254 e. The molecular weight excluding hydrogens is 230 g/mol. The molecule has 0 atom stereocenters. The summed E-state index contributed by atoms with van der Waals surface area (Å²) < 4.78 is 0. The lowest BCUT2D eigenvalue weighted by molar-refractivity contribution is 0.0696. The molecule has 92 valence electrons. The molecule has 1 aliphatic rings. The quantitative estimate of drug-likeness (QED) is 0.812. The molecule has 1 saturated carbocycles. The molecule has 2 rings (SSSR count). The highest BCUT2D eigenvalue weighted by atomic mass is 32.1. The molecular formula is C14H19NOS. The van der Waals surface area contributed by atoms with E-state index in [0.717, 1.165) is 22.9 Å². The smallest absolute Gasteiger partial charge is 0.254 e. The van der Waals surface area contributed by atoms with Gasteiger partial charge in [0.1, 0.15) is 0 Å². The SMILES string of the molecule is CC(C)N(CC1CC1)C(=O)c1cccc(S)c1. The first-order valence-electron chi connectivity index (χ1n) is 6.18. The second-order valence-electron chi connectivity index (χ2n) is 5.04. The lowest BCUT2D eigenvalue weighted by Gasteiger charge is -2.27. The van der Waals surface area contributed by atoms with Gasteiger partial charge < -0.3 is 4.90 Å². The Labute approximate surface area is 108 Å². The minimum atomic E-state index is 0.128. The topological polar surface area (TPSA) is 20.3 Å². The number of amides is 1. The van der Waals surface area contributed by atoms with Gasteiger partial charge in [0.25, 0.3) is 5.91 Å². The molecule has 0 spiro atoms. The summed E-state index contributed by atoms with van der Waals surface area (Å²) in [6.07, 6.45) is 2.53. The number of rotatable bonds is 4. The van der Waals surface area contributed by atoms with Crippen LogP contribution in [0, 0.1) is 5.92 Å². The minimum absolute atomic E-state index is 0.128. The molecule has 0 N–H and O–H groups in total. The largest absolute Gasteiger partial charge is 0.336 e. The number of carbonyl (C=O) groups excluding carboxylic acids is 1. The molecule has 1 aromatic carbocycles. The highest BCUT2D eigenvalue weighted by Gasteiger charge is 2.28. The van der Waals surface area contributed by atoms with Crippen molar-refractivity contribution in [2.75, 3.05) is 6.54 Å². The summed E-state index contributed by atoms with van der Waals surface area (Å²) in [5.74, 6) is 0.850. The molecule has 0 unspecified atom stereocenters. The Hall–Kier alpha value is -0.960. The molecule has 1 fully saturated rings. The number of nitrogens with zero attached hydrogens (tertiary/aromatic N) is 1. The van der Waals surface area contributed by atoms with E-state index in [2.05, 4.69) is 26.5 Å². The van der Waals surface area contributed by atoms with Crippen molar-refractivity contribution >= 4 is 18.5 Å². The lowest BCUT2D eigenvalue weighted by Crippen LogP contribution is -2.38. The first-order chi connectivity index (χ1) is 8.08. The average molecular weight is 249 g/mol. The number of hydrogen-bond donors (Lipinski definition) is 1. The Morgan fingerprint density at radius 2 is 2.18 bits per heavy atom. The van der Waals surface area contributed by atoms with Gasteiger partial charge in [-0.05, 0) is 50.8 Å². The number of benzene rings is 1. The number of carbonyl (C=O) groups is 1. The van der Waals surface area contributed by atoms with Gasteiger partial charge in [-0.15, -0.1) is 12.6 Å². The van der Waals surface area contributed by atoms with E-state index in [1.165, 1.54) is 12.8 Å². The zero-order valence-electron chi connectivity index (χ0n) is 10.4. The van der Waals surface area contributed by atoms with Crippen molar-refractivity contribution in [3.05, 3.63) is 29.8 Å². The highest BCUT2D eigenvalue weighted by molar-refractivity contribution is 7.80. The van der Waals surface area contributed by atoms with E-state index in [4.69, 9.17) is 0 Å². The zero-order chi connectivity index (χ0) is 12.4. The van der Waals surface area contributed by atoms with Crippen molar-refractivity contribution in [1.82, 2.24) is 4.90 Å². The van der Waals surface area contributed by atoms with Gasteiger partial charge in [0.05, 0.1) is 0 Å². The van der Waals surface area contributed by atoms with Gasteiger partial charge >= 0.3 is 0 Å². The van der Waals surface area contributed by atoms with Crippen molar-refractivity contribution in [2.24, 2.45) is 5.92 Å². The maximum atomic E-state index is 12.4. The fourth-order valence-electron chi connectivity index (χ4n) is 1.91. The first kappa shape index (κ1) is 12.5. The lowest BCUT2D eigenvalue weighted by atomic mass is 10.1. The molecule has 0 aliphatic heterocycles. The molecule has 1 aliphatic carbocycles. The van der Waals surface area contributed by atoms with Crippen LogP contribution in [-0.4, -0.2) is 23.4 Å². The van der Waals surface area contributed by atoms with Crippen molar-refractivity contribution < 1.29 is 4.79 Å². The van der Waals surface area contributed by atoms with Crippen LogP contribution in [0.25, 0.3) is 0 Å². The molecule has 0 radical (unpaired) electrons.